The van der Waals surface area contributed by atoms with Gasteiger partial charge in [-0.1, -0.05) is 0 Å². The van der Waals surface area contributed by atoms with Crippen LogP contribution in [-0.2, 0) is 0 Å². The molecular weight excluding hydrogens is 171 g/mol. The molecule has 0 spiro atoms. The van der Waals surface area contributed by atoms with E-state index in [-0.39, 0.29) is 5.82 Å². The summed E-state index contributed by atoms with van der Waals surface area (Å²) in [7, 11) is 0. The maximum atomic E-state index is 13.2. The molecule has 66 valence electrons. The summed E-state index contributed by atoms with van der Waals surface area (Å²) in [6.45, 7) is 0. The number of nitrogen functional groups attached to an aromatic ring is 1. The van der Waals surface area contributed by atoms with Crippen LogP contribution in [0.2, 0.25) is 0 Å². The van der Waals surface area contributed by atoms with Crippen LogP contribution in [0.1, 0.15) is 0 Å². The van der Waals surface area contributed by atoms with Gasteiger partial charge in [-0.2, -0.15) is 5.10 Å². The second-order valence-corrected chi connectivity index (χ2v) is 2.55. The summed E-state index contributed by atoms with van der Waals surface area (Å²) in [6.07, 6.45) is 2.75. The Morgan fingerprint density at radius 3 is 2.92 bits per heavy atom. The summed E-state index contributed by atoms with van der Waals surface area (Å²) >= 11 is 0. The largest absolute Gasteiger partial charge is 0.399 e. The highest BCUT2D eigenvalue weighted by Gasteiger charge is 2.04. The fraction of sp³-hybridized carbons (Fsp3) is 0. The summed E-state index contributed by atoms with van der Waals surface area (Å²) in [4.78, 5) is 3.71. The lowest BCUT2D eigenvalue weighted by atomic mass is 10.3. The Morgan fingerprint density at radius 2 is 2.23 bits per heavy atom. The van der Waals surface area contributed by atoms with E-state index < -0.39 is 0 Å². The van der Waals surface area contributed by atoms with E-state index in [0.717, 1.165) is 0 Å². The molecule has 1 heterocycles. The summed E-state index contributed by atoms with van der Waals surface area (Å²) in [5.41, 5.74) is 6.30. The molecule has 0 aliphatic heterocycles. The van der Waals surface area contributed by atoms with Crippen molar-refractivity contribution in [3.63, 3.8) is 0 Å². The minimum atomic E-state index is -0.375. The van der Waals surface area contributed by atoms with E-state index in [2.05, 4.69) is 10.1 Å². The third-order valence-electron chi connectivity index (χ3n) is 1.64. The predicted octanol–water partition coefficient (Wildman–Crippen LogP) is 0.989. The Hall–Kier alpha value is -1.91. The Balaban J connectivity index is 2.57. The highest BCUT2D eigenvalue weighted by molar-refractivity contribution is 5.47. The van der Waals surface area contributed by atoms with Crippen molar-refractivity contribution >= 4 is 5.69 Å². The molecule has 2 rings (SSSR count). The topological polar surface area (TPSA) is 56.7 Å². The molecule has 13 heavy (non-hydrogen) atoms. The molecule has 1 aromatic carbocycles. The quantitative estimate of drug-likeness (QED) is 0.662. The van der Waals surface area contributed by atoms with Gasteiger partial charge >= 0.3 is 0 Å². The van der Waals surface area contributed by atoms with Crippen LogP contribution in [0.25, 0.3) is 5.69 Å². The van der Waals surface area contributed by atoms with E-state index in [1.54, 1.807) is 0 Å². The lowest BCUT2D eigenvalue weighted by Gasteiger charge is -2.02. The van der Waals surface area contributed by atoms with Crippen LogP contribution in [-0.4, -0.2) is 14.8 Å². The molecule has 0 unspecified atom stereocenters. The second-order valence-electron chi connectivity index (χ2n) is 2.55. The zero-order chi connectivity index (χ0) is 9.26. The molecule has 0 saturated heterocycles. The Kier molecular flexibility index (Phi) is 1.70. The number of halogens is 1. The molecule has 0 amide bonds. The van der Waals surface area contributed by atoms with Crippen LogP contribution in [0.5, 0.6) is 0 Å². The molecule has 0 fully saturated rings. The molecular formula is C8H7FN4. The molecule has 0 bridgehead atoms. The first-order valence-electron chi connectivity index (χ1n) is 3.67. The van der Waals surface area contributed by atoms with E-state index in [1.165, 1.54) is 35.5 Å². The molecule has 2 N–H and O–H groups in total. The van der Waals surface area contributed by atoms with Gasteiger partial charge in [-0.3, -0.25) is 0 Å². The fourth-order valence-corrected chi connectivity index (χ4v) is 1.04. The monoisotopic (exact) mass is 178 g/mol. The third-order valence-corrected chi connectivity index (χ3v) is 1.64. The number of hydrogen-bond donors (Lipinski definition) is 1. The predicted molar refractivity (Wildman–Crippen MR) is 45.7 cm³/mol. The van der Waals surface area contributed by atoms with Crippen LogP contribution in [0, 0.1) is 5.82 Å². The Morgan fingerprint density at radius 1 is 1.38 bits per heavy atom. The highest BCUT2D eigenvalue weighted by atomic mass is 19.1. The van der Waals surface area contributed by atoms with Crippen molar-refractivity contribution in [2.75, 3.05) is 5.73 Å². The average Bonchev–Trinajstić information content (AvgIpc) is 2.61. The van der Waals surface area contributed by atoms with Crippen molar-refractivity contribution in [1.29, 1.82) is 0 Å². The second kappa shape index (κ2) is 2.85. The SMILES string of the molecule is Nc1ccc(F)c(-n2cncn2)c1. The normalized spacial score (nSPS) is 10.2. The molecule has 0 aliphatic carbocycles. The lowest BCUT2D eigenvalue weighted by Crippen LogP contribution is -1.99. The summed E-state index contributed by atoms with van der Waals surface area (Å²) < 4.78 is 14.5. The van der Waals surface area contributed by atoms with Crippen molar-refractivity contribution in [3.05, 3.63) is 36.7 Å². The van der Waals surface area contributed by atoms with Crippen LogP contribution in [0.15, 0.2) is 30.9 Å². The number of nitrogens with zero attached hydrogens (tertiary/aromatic N) is 3. The molecule has 0 atom stereocenters. The van der Waals surface area contributed by atoms with Gasteiger partial charge in [0, 0.05) is 5.69 Å². The minimum absolute atomic E-state index is 0.303. The van der Waals surface area contributed by atoms with Crippen molar-refractivity contribution in [1.82, 2.24) is 14.8 Å². The van der Waals surface area contributed by atoms with Gasteiger partial charge in [0.1, 0.15) is 24.2 Å². The van der Waals surface area contributed by atoms with Gasteiger partial charge in [-0.25, -0.2) is 14.1 Å². The minimum Gasteiger partial charge on any atom is -0.399 e. The molecule has 5 heteroatoms. The van der Waals surface area contributed by atoms with Gasteiger partial charge in [0.15, 0.2) is 0 Å². The maximum absolute atomic E-state index is 13.2. The highest BCUT2D eigenvalue weighted by Crippen LogP contribution is 2.14. The first-order valence-corrected chi connectivity index (χ1v) is 3.67. The van der Waals surface area contributed by atoms with Crippen molar-refractivity contribution < 1.29 is 4.39 Å². The van der Waals surface area contributed by atoms with Gasteiger partial charge in [0.2, 0.25) is 0 Å². The van der Waals surface area contributed by atoms with Crippen molar-refractivity contribution in [2.45, 2.75) is 0 Å². The van der Waals surface area contributed by atoms with Gasteiger partial charge in [0.05, 0.1) is 0 Å². The van der Waals surface area contributed by atoms with Crippen LogP contribution in [0.3, 0.4) is 0 Å². The van der Waals surface area contributed by atoms with E-state index in [9.17, 15) is 4.39 Å². The standard InChI is InChI=1S/C8H7FN4/c9-7-2-1-6(10)3-8(7)13-5-11-4-12-13/h1-5H,10H2. The van der Waals surface area contributed by atoms with Crippen molar-refractivity contribution in [2.24, 2.45) is 0 Å². The molecule has 0 radical (unpaired) electrons. The molecule has 4 nitrogen and oxygen atoms in total. The molecule has 0 aliphatic rings. The number of aromatic nitrogens is 3. The number of hydrogen-bond acceptors (Lipinski definition) is 3. The van der Waals surface area contributed by atoms with Gasteiger partial charge in [-0.05, 0) is 18.2 Å². The fourth-order valence-electron chi connectivity index (χ4n) is 1.04. The van der Waals surface area contributed by atoms with E-state index in [1.807, 2.05) is 0 Å². The van der Waals surface area contributed by atoms with Gasteiger partial charge < -0.3 is 5.73 Å². The van der Waals surface area contributed by atoms with E-state index in [4.69, 9.17) is 5.73 Å². The Labute approximate surface area is 73.8 Å². The van der Waals surface area contributed by atoms with Crippen LogP contribution < -0.4 is 5.73 Å². The van der Waals surface area contributed by atoms with E-state index >= 15 is 0 Å². The van der Waals surface area contributed by atoms with Crippen LogP contribution >= 0.6 is 0 Å². The zero-order valence-electron chi connectivity index (χ0n) is 6.68. The lowest BCUT2D eigenvalue weighted by molar-refractivity contribution is 0.611. The molecule has 0 saturated carbocycles. The molecule has 2 aromatic rings. The summed E-state index contributed by atoms with van der Waals surface area (Å²) in [5.74, 6) is -0.375. The Bertz CT molecular complexity index is 410. The first kappa shape index (κ1) is 7.72. The number of rotatable bonds is 1. The van der Waals surface area contributed by atoms with Gasteiger partial charge in [-0.15, -0.1) is 0 Å². The summed E-state index contributed by atoms with van der Waals surface area (Å²) in [6, 6.07) is 4.30. The smallest absolute Gasteiger partial charge is 0.149 e. The number of nitrogens with two attached hydrogens (primary N) is 1. The maximum Gasteiger partial charge on any atom is 0.149 e. The first-order chi connectivity index (χ1) is 6.27. The summed E-state index contributed by atoms with van der Waals surface area (Å²) in [5, 5.41) is 3.80. The van der Waals surface area contributed by atoms with E-state index in [0.29, 0.717) is 11.4 Å². The number of anilines is 1. The zero-order valence-corrected chi connectivity index (χ0v) is 6.68. The molecule has 1 aromatic heterocycles. The third kappa shape index (κ3) is 1.35. The van der Waals surface area contributed by atoms with Crippen LogP contribution in [0.4, 0.5) is 10.1 Å². The van der Waals surface area contributed by atoms with Gasteiger partial charge in [0.25, 0.3) is 0 Å². The van der Waals surface area contributed by atoms with Crippen molar-refractivity contribution in [3.8, 4) is 5.69 Å². The number of benzene rings is 1. The average molecular weight is 178 g/mol.